The first-order chi connectivity index (χ1) is 17.6. The van der Waals surface area contributed by atoms with Crippen LogP contribution in [-0.2, 0) is 20.7 Å². The summed E-state index contributed by atoms with van der Waals surface area (Å²) >= 11 is 0. The second kappa shape index (κ2) is 13.9. The molecule has 3 amide bonds. The van der Waals surface area contributed by atoms with E-state index in [1.165, 1.54) is 0 Å². The molecule has 0 bridgehead atoms. The third-order valence-electron chi connectivity index (χ3n) is 6.01. The predicted molar refractivity (Wildman–Crippen MR) is 150 cm³/mol. The van der Waals surface area contributed by atoms with Crippen molar-refractivity contribution in [1.29, 1.82) is 0 Å². The molecule has 2 N–H and O–H groups in total. The second-order valence-electron chi connectivity index (χ2n) is 12.7. The number of urea groups is 1. The van der Waals surface area contributed by atoms with Crippen LogP contribution in [0.4, 0.5) is 4.79 Å². The third kappa shape index (κ3) is 11.7. The molecule has 1 saturated heterocycles. The molecule has 1 heterocycles. The van der Waals surface area contributed by atoms with E-state index in [2.05, 4.69) is 10.6 Å². The van der Waals surface area contributed by atoms with Crippen LogP contribution < -0.4 is 15.4 Å². The maximum atomic E-state index is 13.5. The van der Waals surface area contributed by atoms with E-state index in [9.17, 15) is 14.4 Å². The minimum atomic E-state index is -0.902. The number of nitrogens with one attached hydrogen (secondary N) is 2. The number of ether oxygens (including phenoxy) is 2. The van der Waals surface area contributed by atoms with E-state index in [0.717, 1.165) is 37.0 Å². The number of benzene rings is 1. The largest absolute Gasteiger partial charge is 0.488 e. The van der Waals surface area contributed by atoms with Gasteiger partial charge in [-0.25, -0.2) is 9.59 Å². The number of carbonyl (C=O) groups excluding carboxylic acids is 3. The fraction of sp³-hybridized carbons (Fsp3) is 0.700. The molecule has 38 heavy (non-hydrogen) atoms. The number of carbonyl (C=O) groups is 3. The van der Waals surface area contributed by atoms with Crippen LogP contribution in [0.1, 0.15) is 93.1 Å². The van der Waals surface area contributed by atoms with E-state index < -0.39 is 23.7 Å². The van der Waals surface area contributed by atoms with Crippen molar-refractivity contribution >= 4 is 17.9 Å². The van der Waals surface area contributed by atoms with Gasteiger partial charge in [0.15, 0.2) is 0 Å². The maximum Gasteiger partial charge on any atom is 0.329 e. The molecule has 1 fully saturated rings. The zero-order chi connectivity index (χ0) is 28.5. The number of esters is 1. The van der Waals surface area contributed by atoms with Crippen molar-refractivity contribution in [2.45, 2.75) is 117 Å². The summed E-state index contributed by atoms with van der Waals surface area (Å²) in [5.41, 5.74) is -0.169. The average molecular weight is 532 g/mol. The molecule has 8 nitrogen and oxygen atoms in total. The smallest absolute Gasteiger partial charge is 0.329 e. The lowest BCUT2D eigenvalue weighted by Gasteiger charge is -2.28. The van der Waals surface area contributed by atoms with Gasteiger partial charge < -0.3 is 25.0 Å². The van der Waals surface area contributed by atoms with Gasteiger partial charge >= 0.3 is 12.0 Å². The van der Waals surface area contributed by atoms with Crippen LogP contribution in [0.25, 0.3) is 0 Å². The van der Waals surface area contributed by atoms with Crippen molar-refractivity contribution in [2.24, 2.45) is 5.92 Å². The normalized spacial score (nSPS) is 16.3. The summed E-state index contributed by atoms with van der Waals surface area (Å²) in [7, 11) is 0. The van der Waals surface area contributed by atoms with Gasteiger partial charge in [-0.05, 0) is 84.4 Å². The van der Waals surface area contributed by atoms with E-state index >= 15 is 0 Å². The molecular formula is C30H49N3O5. The standard InChI is InChI=1S/C30H49N3O5/c1-21(2)19-24(32-28(36)33-17-11-9-10-12-18-33)26(34)31-25(27(35)38-30(6,7)8)20-22-13-15-23(16-14-22)37-29(3,4)5/h13-16,21,24-25H,9-12,17-20H2,1-8H3,(H,31,34)(H,32,36)/t24-,25-/m0/s1. The monoisotopic (exact) mass is 531 g/mol. The Morgan fingerprint density at radius 1 is 0.842 bits per heavy atom. The van der Waals surface area contributed by atoms with Crippen LogP contribution in [0.5, 0.6) is 5.75 Å². The summed E-state index contributed by atoms with van der Waals surface area (Å²) in [6.45, 7) is 16.7. The van der Waals surface area contributed by atoms with Crippen LogP contribution >= 0.6 is 0 Å². The van der Waals surface area contributed by atoms with Crippen molar-refractivity contribution < 1.29 is 23.9 Å². The Morgan fingerprint density at radius 2 is 1.42 bits per heavy atom. The molecule has 2 rings (SSSR count). The van der Waals surface area contributed by atoms with Gasteiger partial charge in [0, 0.05) is 19.5 Å². The average Bonchev–Trinajstić information content (AvgIpc) is 3.06. The molecule has 0 radical (unpaired) electrons. The predicted octanol–water partition coefficient (Wildman–Crippen LogP) is 5.23. The molecule has 2 atom stereocenters. The molecule has 0 aromatic heterocycles. The molecular weight excluding hydrogens is 482 g/mol. The first-order valence-electron chi connectivity index (χ1n) is 14.0. The van der Waals surface area contributed by atoms with Gasteiger partial charge in [-0.1, -0.05) is 38.8 Å². The van der Waals surface area contributed by atoms with E-state index in [4.69, 9.17) is 9.47 Å². The van der Waals surface area contributed by atoms with E-state index in [0.29, 0.717) is 19.5 Å². The van der Waals surface area contributed by atoms with Crippen LogP contribution in [0, 0.1) is 5.92 Å². The van der Waals surface area contributed by atoms with Crippen LogP contribution in [0.2, 0.25) is 0 Å². The lowest BCUT2D eigenvalue weighted by molar-refractivity contribution is -0.158. The molecule has 8 heteroatoms. The Hall–Kier alpha value is -2.77. The third-order valence-corrected chi connectivity index (χ3v) is 6.01. The van der Waals surface area contributed by atoms with E-state index in [1.54, 1.807) is 25.7 Å². The van der Waals surface area contributed by atoms with Crippen molar-refractivity contribution in [3.05, 3.63) is 29.8 Å². The minimum absolute atomic E-state index is 0.172. The van der Waals surface area contributed by atoms with Gasteiger partial charge in [-0.2, -0.15) is 0 Å². The Morgan fingerprint density at radius 3 is 1.92 bits per heavy atom. The maximum absolute atomic E-state index is 13.5. The SMILES string of the molecule is CC(C)C[C@H](NC(=O)N1CCCCCC1)C(=O)N[C@@H](Cc1ccc(OC(C)(C)C)cc1)C(=O)OC(C)(C)C. The second-order valence-corrected chi connectivity index (χ2v) is 12.7. The molecule has 0 saturated carbocycles. The first-order valence-corrected chi connectivity index (χ1v) is 14.0. The van der Waals surface area contributed by atoms with Gasteiger partial charge in [0.2, 0.25) is 5.91 Å². The van der Waals surface area contributed by atoms with E-state index in [1.807, 2.05) is 58.9 Å². The molecule has 1 aromatic rings. The van der Waals surface area contributed by atoms with Crippen LogP contribution in [0.3, 0.4) is 0 Å². The topological polar surface area (TPSA) is 97.0 Å². The summed E-state index contributed by atoms with van der Waals surface area (Å²) in [6.07, 6.45) is 4.88. The Balaban J connectivity index is 2.19. The van der Waals surface area contributed by atoms with E-state index in [-0.39, 0.29) is 29.9 Å². The molecule has 0 aliphatic carbocycles. The van der Waals surface area contributed by atoms with Crippen molar-refractivity contribution in [3.63, 3.8) is 0 Å². The fourth-order valence-electron chi connectivity index (χ4n) is 4.34. The van der Waals surface area contributed by atoms with Gasteiger partial charge in [-0.15, -0.1) is 0 Å². The molecule has 1 aliphatic heterocycles. The number of rotatable bonds is 9. The number of hydrogen-bond donors (Lipinski definition) is 2. The van der Waals surface area contributed by atoms with Crippen molar-refractivity contribution in [1.82, 2.24) is 15.5 Å². The summed E-state index contributed by atoms with van der Waals surface area (Å²) in [6, 6.07) is 5.61. The van der Waals surface area contributed by atoms with Crippen molar-refractivity contribution in [3.8, 4) is 5.75 Å². The van der Waals surface area contributed by atoms with Gasteiger partial charge in [-0.3, -0.25) is 4.79 Å². The number of nitrogens with zero attached hydrogens (tertiary/aromatic N) is 1. The molecule has 214 valence electrons. The van der Waals surface area contributed by atoms with Crippen LogP contribution in [0.15, 0.2) is 24.3 Å². The molecule has 1 aliphatic rings. The Bertz CT molecular complexity index is 907. The van der Waals surface area contributed by atoms with Crippen LogP contribution in [-0.4, -0.2) is 59.2 Å². The molecule has 1 aromatic carbocycles. The molecule has 0 unspecified atom stereocenters. The fourth-order valence-corrected chi connectivity index (χ4v) is 4.34. The minimum Gasteiger partial charge on any atom is -0.488 e. The highest BCUT2D eigenvalue weighted by Gasteiger charge is 2.31. The zero-order valence-corrected chi connectivity index (χ0v) is 24.7. The summed E-state index contributed by atoms with van der Waals surface area (Å²) in [5.74, 6) is 0.00581. The van der Waals surface area contributed by atoms with Gasteiger partial charge in [0.25, 0.3) is 0 Å². The summed E-state index contributed by atoms with van der Waals surface area (Å²) in [4.78, 5) is 41.4. The quantitative estimate of drug-likeness (QED) is 0.425. The highest BCUT2D eigenvalue weighted by molar-refractivity contribution is 5.90. The summed E-state index contributed by atoms with van der Waals surface area (Å²) < 4.78 is 11.5. The lowest BCUT2D eigenvalue weighted by atomic mass is 10.0. The first kappa shape index (κ1) is 31.4. The summed E-state index contributed by atoms with van der Waals surface area (Å²) in [5, 5.41) is 5.83. The lowest BCUT2D eigenvalue weighted by Crippen LogP contribution is -2.55. The number of likely N-dealkylation sites (tertiary alicyclic amines) is 1. The number of hydrogen-bond acceptors (Lipinski definition) is 5. The highest BCUT2D eigenvalue weighted by atomic mass is 16.6. The molecule has 0 spiro atoms. The Labute approximate surface area is 229 Å². The zero-order valence-electron chi connectivity index (χ0n) is 24.7. The Kier molecular flexibility index (Phi) is 11.5. The van der Waals surface area contributed by atoms with Gasteiger partial charge in [0.1, 0.15) is 29.0 Å². The van der Waals surface area contributed by atoms with Crippen molar-refractivity contribution in [2.75, 3.05) is 13.1 Å². The number of amides is 3. The highest BCUT2D eigenvalue weighted by Crippen LogP contribution is 2.20. The van der Waals surface area contributed by atoms with Gasteiger partial charge in [0.05, 0.1) is 0 Å².